The summed E-state index contributed by atoms with van der Waals surface area (Å²) in [6, 6.07) is 11.5. The Morgan fingerprint density at radius 2 is 1.82 bits per heavy atom. The van der Waals surface area contributed by atoms with Gasteiger partial charge in [-0.2, -0.15) is 0 Å². The lowest BCUT2D eigenvalue weighted by molar-refractivity contribution is -0.131. The Morgan fingerprint density at radius 1 is 1.07 bits per heavy atom. The van der Waals surface area contributed by atoms with Crippen LogP contribution in [0.5, 0.6) is 5.75 Å². The van der Waals surface area contributed by atoms with Gasteiger partial charge in [0.05, 0.1) is 0 Å². The van der Waals surface area contributed by atoms with Crippen molar-refractivity contribution < 1.29 is 15.0 Å². The molecule has 4 aliphatic rings. The summed E-state index contributed by atoms with van der Waals surface area (Å²) >= 11 is 6.53. The molecule has 2 aromatic rings. The highest BCUT2D eigenvalue weighted by atomic mass is 35.5. The fraction of sp³-hybridized carbons (Fsp3) is 0.375. The highest BCUT2D eigenvalue weighted by molar-refractivity contribution is 6.33. The highest BCUT2D eigenvalue weighted by Gasteiger charge is 2.59. The van der Waals surface area contributed by atoms with E-state index in [1.807, 2.05) is 24.3 Å². The first-order valence-corrected chi connectivity index (χ1v) is 10.4. The number of aliphatic carboxylic acids is 1. The molecule has 0 radical (unpaired) electrons. The van der Waals surface area contributed by atoms with Crippen LogP contribution in [0.25, 0.3) is 17.2 Å². The molecule has 4 aliphatic carbocycles. The van der Waals surface area contributed by atoms with E-state index in [1.165, 1.54) is 38.2 Å². The van der Waals surface area contributed by atoms with Crippen molar-refractivity contribution in [1.82, 2.24) is 0 Å². The number of carboxylic acids is 1. The van der Waals surface area contributed by atoms with Gasteiger partial charge in [-0.1, -0.05) is 29.8 Å². The monoisotopic (exact) mass is 394 g/mol. The van der Waals surface area contributed by atoms with Gasteiger partial charge in [-0.05, 0) is 85.3 Å². The maximum absolute atomic E-state index is 10.7. The van der Waals surface area contributed by atoms with E-state index in [0.717, 1.165) is 40.2 Å². The molecule has 3 nitrogen and oxygen atoms in total. The average Bonchev–Trinajstić information content (AvgIpc) is 3.05. The van der Waals surface area contributed by atoms with Gasteiger partial charge < -0.3 is 10.2 Å². The average molecular weight is 395 g/mol. The molecule has 28 heavy (non-hydrogen) atoms. The van der Waals surface area contributed by atoms with E-state index < -0.39 is 5.97 Å². The first-order chi connectivity index (χ1) is 13.4. The predicted molar refractivity (Wildman–Crippen MR) is 110 cm³/mol. The van der Waals surface area contributed by atoms with Crippen molar-refractivity contribution in [2.45, 2.75) is 37.5 Å². The van der Waals surface area contributed by atoms with Crippen LogP contribution in [-0.4, -0.2) is 16.2 Å². The minimum absolute atomic E-state index is 0.143. The van der Waals surface area contributed by atoms with Gasteiger partial charge >= 0.3 is 5.97 Å². The summed E-state index contributed by atoms with van der Waals surface area (Å²) in [5, 5.41) is 20.1. The number of benzene rings is 2. The molecule has 6 rings (SSSR count). The van der Waals surface area contributed by atoms with Crippen molar-refractivity contribution in [1.29, 1.82) is 0 Å². The molecule has 144 valence electrons. The van der Waals surface area contributed by atoms with Crippen molar-refractivity contribution in [3.8, 4) is 16.9 Å². The van der Waals surface area contributed by atoms with Crippen molar-refractivity contribution in [2.24, 2.45) is 17.8 Å². The Bertz CT molecular complexity index is 979. The molecule has 0 aliphatic heterocycles. The summed E-state index contributed by atoms with van der Waals surface area (Å²) in [4.78, 5) is 10.7. The molecular weight excluding hydrogens is 372 g/mol. The van der Waals surface area contributed by atoms with E-state index in [9.17, 15) is 9.90 Å². The van der Waals surface area contributed by atoms with Crippen molar-refractivity contribution in [3.05, 3.63) is 58.6 Å². The van der Waals surface area contributed by atoms with E-state index in [2.05, 4.69) is 6.07 Å². The first kappa shape index (κ1) is 17.8. The second kappa shape index (κ2) is 6.38. The van der Waals surface area contributed by atoms with Gasteiger partial charge in [-0.3, -0.25) is 0 Å². The number of phenols is 1. The van der Waals surface area contributed by atoms with Crippen molar-refractivity contribution in [3.63, 3.8) is 0 Å². The third-order valence-corrected chi connectivity index (χ3v) is 7.56. The van der Waals surface area contributed by atoms with Crippen LogP contribution in [0.3, 0.4) is 0 Å². The van der Waals surface area contributed by atoms with Crippen LogP contribution in [0.2, 0.25) is 5.02 Å². The quantitative estimate of drug-likeness (QED) is 0.636. The molecule has 4 fully saturated rings. The fourth-order valence-electron chi connectivity index (χ4n) is 6.38. The molecule has 4 saturated carbocycles. The molecule has 2 aromatic carbocycles. The SMILES string of the molecule is O=C(O)/C=C/c1ccc(-c2ccc(O)c(C34CC5CC(CC3C5)C4)c2)c(Cl)c1. The van der Waals surface area contributed by atoms with E-state index in [0.29, 0.717) is 16.7 Å². The summed E-state index contributed by atoms with van der Waals surface area (Å²) in [7, 11) is 0. The highest BCUT2D eigenvalue weighted by Crippen LogP contribution is 2.67. The number of aromatic hydroxyl groups is 1. The van der Waals surface area contributed by atoms with E-state index in [-0.39, 0.29) is 5.41 Å². The number of carbonyl (C=O) groups is 1. The zero-order chi connectivity index (χ0) is 19.5. The van der Waals surface area contributed by atoms with E-state index in [1.54, 1.807) is 6.07 Å². The molecule has 2 unspecified atom stereocenters. The third-order valence-electron chi connectivity index (χ3n) is 7.25. The van der Waals surface area contributed by atoms with Gasteiger partial charge in [-0.25, -0.2) is 4.79 Å². The molecule has 0 saturated heterocycles. The summed E-state index contributed by atoms with van der Waals surface area (Å²) in [6.45, 7) is 0. The van der Waals surface area contributed by atoms with E-state index in [4.69, 9.17) is 16.7 Å². The Balaban J connectivity index is 1.53. The summed E-state index contributed by atoms with van der Waals surface area (Å²) in [6.07, 6.45) is 9.05. The largest absolute Gasteiger partial charge is 0.508 e. The number of phenolic OH excluding ortho intramolecular Hbond substituents is 1. The van der Waals surface area contributed by atoms with Crippen LogP contribution in [0.15, 0.2) is 42.5 Å². The van der Waals surface area contributed by atoms with Gasteiger partial charge in [0.1, 0.15) is 5.75 Å². The van der Waals surface area contributed by atoms with Gasteiger partial charge in [0.25, 0.3) is 0 Å². The summed E-state index contributed by atoms with van der Waals surface area (Å²) in [5.41, 5.74) is 3.91. The molecule has 0 aromatic heterocycles. The molecule has 0 spiro atoms. The molecular formula is C24H23ClO3. The van der Waals surface area contributed by atoms with Gasteiger partial charge in [0.15, 0.2) is 0 Å². The van der Waals surface area contributed by atoms with Crippen LogP contribution in [0.1, 0.15) is 43.2 Å². The minimum Gasteiger partial charge on any atom is -0.508 e. The van der Waals surface area contributed by atoms with Gasteiger partial charge in [-0.15, -0.1) is 0 Å². The number of halogens is 1. The maximum atomic E-state index is 10.7. The van der Waals surface area contributed by atoms with Crippen LogP contribution in [0, 0.1) is 17.8 Å². The van der Waals surface area contributed by atoms with Crippen LogP contribution >= 0.6 is 11.6 Å². The Labute approximate surface area is 169 Å². The standard InChI is InChI=1S/C24H23ClO3/c25-21-10-14(2-6-23(27)28)1-4-19(21)17-3-5-22(26)20(11-17)24-12-15-7-16(13-24)9-18(24)8-15/h1-6,10-11,15-16,18,26H,7-9,12-13H2,(H,27,28)/b6-2+. The zero-order valence-electron chi connectivity index (χ0n) is 15.6. The molecule has 4 bridgehead atoms. The van der Waals surface area contributed by atoms with Gasteiger partial charge in [0.2, 0.25) is 0 Å². The lowest BCUT2D eigenvalue weighted by Crippen LogP contribution is -2.27. The molecule has 0 heterocycles. The Kier molecular flexibility index (Phi) is 4.06. The number of hydrogen-bond acceptors (Lipinski definition) is 2. The normalized spacial score (nSPS) is 30.4. The second-order valence-corrected chi connectivity index (χ2v) is 9.25. The minimum atomic E-state index is -0.983. The van der Waals surface area contributed by atoms with E-state index >= 15 is 0 Å². The number of hydrogen-bond donors (Lipinski definition) is 2. The smallest absolute Gasteiger partial charge is 0.328 e. The Hall–Kier alpha value is -2.26. The lowest BCUT2D eigenvalue weighted by Gasteiger charge is -2.34. The fourth-order valence-corrected chi connectivity index (χ4v) is 6.67. The molecule has 0 amide bonds. The third kappa shape index (κ3) is 2.76. The molecule has 2 atom stereocenters. The van der Waals surface area contributed by atoms with Gasteiger partial charge in [0, 0.05) is 27.6 Å². The number of rotatable bonds is 4. The zero-order valence-corrected chi connectivity index (χ0v) is 16.3. The van der Waals surface area contributed by atoms with Crippen molar-refractivity contribution in [2.75, 3.05) is 0 Å². The van der Waals surface area contributed by atoms with Crippen LogP contribution < -0.4 is 0 Å². The first-order valence-electron chi connectivity index (χ1n) is 9.99. The second-order valence-electron chi connectivity index (χ2n) is 8.84. The number of carboxylic acid groups (broad SMARTS) is 1. The summed E-state index contributed by atoms with van der Waals surface area (Å²) in [5.74, 6) is 1.78. The Morgan fingerprint density at radius 3 is 2.50 bits per heavy atom. The van der Waals surface area contributed by atoms with Crippen molar-refractivity contribution >= 4 is 23.6 Å². The maximum Gasteiger partial charge on any atom is 0.328 e. The van der Waals surface area contributed by atoms with Crippen LogP contribution in [-0.2, 0) is 10.2 Å². The topological polar surface area (TPSA) is 57.5 Å². The lowest BCUT2D eigenvalue weighted by atomic mass is 9.70. The predicted octanol–water partition coefficient (Wildman–Crippen LogP) is 5.89. The molecule has 4 heteroatoms. The summed E-state index contributed by atoms with van der Waals surface area (Å²) < 4.78 is 0. The molecule has 2 N–H and O–H groups in total. The van der Waals surface area contributed by atoms with Crippen LogP contribution in [0.4, 0.5) is 0 Å².